The molecule has 0 saturated carbocycles. The van der Waals surface area contributed by atoms with Crippen LogP contribution in [0.3, 0.4) is 0 Å². The highest BCUT2D eigenvalue weighted by molar-refractivity contribution is 5.95. The predicted molar refractivity (Wildman–Crippen MR) is 99.0 cm³/mol. The molecule has 0 aliphatic carbocycles. The molecule has 0 N–H and O–H groups in total. The number of rotatable bonds is 4. The SMILES string of the molecule is COc1cc(C)c(-c2cccc(C(=O)N3CC[C@H](N(C)C)C3)c2)cn1. The Morgan fingerprint density at radius 2 is 2.12 bits per heavy atom. The first-order valence-electron chi connectivity index (χ1n) is 8.56. The fourth-order valence-electron chi connectivity index (χ4n) is 3.29. The molecule has 3 rings (SSSR count). The summed E-state index contributed by atoms with van der Waals surface area (Å²) in [6.45, 7) is 3.63. The summed E-state index contributed by atoms with van der Waals surface area (Å²) in [6, 6.07) is 10.2. The molecule has 0 bridgehead atoms. The molecule has 1 fully saturated rings. The summed E-state index contributed by atoms with van der Waals surface area (Å²) < 4.78 is 5.17. The average molecular weight is 339 g/mol. The third-order valence-corrected chi connectivity index (χ3v) is 4.90. The Bertz CT molecular complexity index is 773. The largest absolute Gasteiger partial charge is 0.481 e. The van der Waals surface area contributed by atoms with Crippen molar-refractivity contribution in [2.45, 2.75) is 19.4 Å². The molecule has 1 aliphatic heterocycles. The topological polar surface area (TPSA) is 45.7 Å². The van der Waals surface area contributed by atoms with Crippen LogP contribution in [-0.4, -0.2) is 61.0 Å². The van der Waals surface area contributed by atoms with E-state index in [1.165, 1.54) is 0 Å². The van der Waals surface area contributed by atoms with Gasteiger partial charge in [0.25, 0.3) is 5.91 Å². The Balaban J connectivity index is 1.83. The van der Waals surface area contributed by atoms with E-state index in [0.717, 1.165) is 41.8 Å². The fourth-order valence-corrected chi connectivity index (χ4v) is 3.29. The first-order chi connectivity index (χ1) is 12.0. The van der Waals surface area contributed by atoms with Crippen LogP contribution >= 0.6 is 0 Å². The van der Waals surface area contributed by atoms with Gasteiger partial charge in [-0.05, 0) is 50.7 Å². The van der Waals surface area contributed by atoms with Crippen molar-refractivity contribution in [2.75, 3.05) is 34.3 Å². The smallest absolute Gasteiger partial charge is 0.253 e. The molecule has 132 valence electrons. The van der Waals surface area contributed by atoms with Crippen molar-refractivity contribution in [3.8, 4) is 17.0 Å². The number of pyridine rings is 1. The number of ether oxygens (including phenoxy) is 1. The Kier molecular flexibility index (Phi) is 5.04. The van der Waals surface area contributed by atoms with Crippen molar-refractivity contribution in [2.24, 2.45) is 0 Å². The maximum absolute atomic E-state index is 12.9. The van der Waals surface area contributed by atoms with Crippen LogP contribution in [0, 0.1) is 6.92 Å². The third-order valence-electron chi connectivity index (χ3n) is 4.90. The number of hydrogen-bond acceptors (Lipinski definition) is 4. The number of likely N-dealkylation sites (N-methyl/N-ethyl adjacent to an activating group) is 1. The number of aryl methyl sites for hydroxylation is 1. The molecule has 5 nitrogen and oxygen atoms in total. The summed E-state index contributed by atoms with van der Waals surface area (Å²) in [4.78, 5) is 21.3. The Morgan fingerprint density at radius 1 is 1.32 bits per heavy atom. The van der Waals surface area contributed by atoms with E-state index in [9.17, 15) is 4.79 Å². The Labute approximate surface area is 149 Å². The summed E-state index contributed by atoms with van der Waals surface area (Å²) >= 11 is 0. The second kappa shape index (κ2) is 7.23. The lowest BCUT2D eigenvalue weighted by Crippen LogP contribution is -2.34. The maximum Gasteiger partial charge on any atom is 0.253 e. The summed E-state index contributed by atoms with van der Waals surface area (Å²) in [6.07, 6.45) is 2.83. The van der Waals surface area contributed by atoms with E-state index in [-0.39, 0.29) is 5.91 Å². The van der Waals surface area contributed by atoms with Gasteiger partial charge in [-0.2, -0.15) is 0 Å². The van der Waals surface area contributed by atoms with Gasteiger partial charge in [0, 0.05) is 42.5 Å². The van der Waals surface area contributed by atoms with Gasteiger partial charge in [-0.25, -0.2) is 4.98 Å². The van der Waals surface area contributed by atoms with Gasteiger partial charge in [-0.1, -0.05) is 12.1 Å². The number of hydrogen-bond donors (Lipinski definition) is 0. The van der Waals surface area contributed by atoms with Gasteiger partial charge in [-0.15, -0.1) is 0 Å². The van der Waals surface area contributed by atoms with Crippen LogP contribution in [-0.2, 0) is 0 Å². The number of amides is 1. The highest BCUT2D eigenvalue weighted by atomic mass is 16.5. The standard InChI is InChI=1S/C20H25N3O2/c1-14-10-19(25-4)21-12-18(14)15-6-5-7-16(11-15)20(24)23-9-8-17(13-23)22(2)3/h5-7,10-12,17H,8-9,13H2,1-4H3/t17-/m0/s1. The third kappa shape index (κ3) is 3.66. The molecule has 1 amide bonds. The predicted octanol–water partition coefficient (Wildman–Crippen LogP) is 2.84. The quantitative estimate of drug-likeness (QED) is 0.859. The lowest BCUT2D eigenvalue weighted by molar-refractivity contribution is 0.0783. The summed E-state index contributed by atoms with van der Waals surface area (Å²) in [5.41, 5.74) is 3.82. The molecule has 1 aromatic carbocycles. The van der Waals surface area contributed by atoms with Crippen molar-refractivity contribution in [3.63, 3.8) is 0 Å². The normalized spacial score (nSPS) is 17.2. The molecule has 1 atom stereocenters. The highest BCUT2D eigenvalue weighted by Gasteiger charge is 2.28. The first-order valence-corrected chi connectivity index (χ1v) is 8.56. The number of likely N-dealkylation sites (tertiary alicyclic amines) is 1. The van der Waals surface area contributed by atoms with E-state index in [0.29, 0.717) is 11.9 Å². The second-order valence-electron chi connectivity index (χ2n) is 6.78. The number of aromatic nitrogens is 1. The lowest BCUT2D eigenvalue weighted by Gasteiger charge is -2.20. The molecule has 25 heavy (non-hydrogen) atoms. The van der Waals surface area contributed by atoms with E-state index in [2.05, 4.69) is 24.0 Å². The number of carbonyl (C=O) groups is 1. The molecule has 0 spiro atoms. The molecule has 1 saturated heterocycles. The monoisotopic (exact) mass is 339 g/mol. The van der Waals surface area contributed by atoms with Crippen LogP contribution in [0.2, 0.25) is 0 Å². The van der Waals surface area contributed by atoms with Gasteiger partial charge in [-0.3, -0.25) is 4.79 Å². The number of benzene rings is 1. The molecule has 2 aromatic rings. The zero-order valence-electron chi connectivity index (χ0n) is 15.3. The van der Waals surface area contributed by atoms with Crippen molar-refractivity contribution < 1.29 is 9.53 Å². The molecule has 0 unspecified atom stereocenters. The van der Waals surface area contributed by atoms with Gasteiger partial charge in [0.15, 0.2) is 0 Å². The Morgan fingerprint density at radius 3 is 2.76 bits per heavy atom. The van der Waals surface area contributed by atoms with Crippen LogP contribution in [0.1, 0.15) is 22.3 Å². The van der Waals surface area contributed by atoms with E-state index >= 15 is 0 Å². The van der Waals surface area contributed by atoms with Gasteiger partial charge in [0.05, 0.1) is 7.11 Å². The molecule has 1 aliphatic rings. The van der Waals surface area contributed by atoms with Gasteiger partial charge < -0.3 is 14.5 Å². The summed E-state index contributed by atoms with van der Waals surface area (Å²) in [5.74, 6) is 0.700. The van der Waals surface area contributed by atoms with E-state index < -0.39 is 0 Å². The molecular formula is C20H25N3O2. The molecule has 0 radical (unpaired) electrons. The van der Waals surface area contributed by atoms with Gasteiger partial charge in [0.2, 0.25) is 5.88 Å². The number of methoxy groups -OCH3 is 1. The van der Waals surface area contributed by atoms with Crippen LogP contribution in [0.15, 0.2) is 36.5 Å². The van der Waals surface area contributed by atoms with Crippen LogP contribution in [0.4, 0.5) is 0 Å². The zero-order valence-corrected chi connectivity index (χ0v) is 15.3. The van der Waals surface area contributed by atoms with E-state index in [1.807, 2.05) is 42.2 Å². The average Bonchev–Trinajstić information content (AvgIpc) is 3.11. The van der Waals surface area contributed by atoms with Crippen molar-refractivity contribution in [1.82, 2.24) is 14.8 Å². The van der Waals surface area contributed by atoms with Crippen LogP contribution < -0.4 is 4.74 Å². The van der Waals surface area contributed by atoms with E-state index in [4.69, 9.17) is 4.74 Å². The maximum atomic E-state index is 12.9. The van der Waals surface area contributed by atoms with Crippen LogP contribution in [0.5, 0.6) is 5.88 Å². The van der Waals surface area contributed by atoms with Gasteiger partial charge >= 0.3 is 0 Å². The van der Waals surface area contributed by atoms with Gasteiger partial charge in [0.1, 0.15) is 0 Å². The van der Waals surface area contributed by atoms with Crippen LogP contribution in [0.25, 0.3) is 11.1 Å². The first kappa shape index (κ1) is 17.4. The second-order valence-corrected chi connectivity index (χ2v) is 6.78. The lowest BCUT2D eigenvalue weighted by atomic mass is 10.0. The Hall–Kier alpha value is -2.40. The summed E-state index contributed by atoms with van der Waals surface area (Å²) in [5, 5.41) is 0. The number of carbonyl (C=O) groups excluding carboxylic acids is 1. The minimum absolute atomic E-state index is 0.102. The molecular weight excluding hydrogens is 314 g/mol. The fraction of sp³-hybridized carbons (Fsp3) is 0.400. The minimum Gasteiger partial charge on any atom is -0.481 e. The molecule has 1 aromatic heterocycles. The number of nitrogens with zero attached hydrogens (tertiary/aromatic N) is 3. The van der Waals surface area contributed by atoms with E-state index in [1.54, 1.807) is 13.3 Å². The van der Waals surface area contributed by atoms with Crippen molar-refractivity contribution >= 4 is 5.91 Å². The van der Waals surface area contributed by atoms with Crippen molar-refractivity contribution in [1.29, 1.82) is 0 Å². The molecule has 5 heteroatoms. The molecule has 2 heterocycles. The highest BCUT2D eigenvalue weighted by Crippen LogP contribution is 2.26. The van der Waals surface area contributed by atoms with Crippen molar-refractivity contribution in [3.05, 3.63) is 47.7 Å². The summed E-state index contributed by atoms with van der Waals surface area (Å²) in [7, 11) is 5.75. The zero-order chi connectivity index (χ0) is 18.0. The minimum atomic E-state index is 0.102.